The van der Waals surface area contributed by atoms with Gasteiger partial charge < -0.3 is 14.8 Å². The van der Waals surface area contributed by atoms with E-state index >= 15 is 0 Å². The maximum absolute atomic E-state index is 12.9. The molecule has 1 unspecified atom stereocenters. The highest BCUT2D eigenvalue weighted by atomic mass is 16.2. The molecule has 0 aliphatic heterocycles. The molecule has 0 saturated heterocycles. The molecule has 0 spiro atoms. The summed E-state index contributed by atoms with van der Waals surface area (Å²) in [6.07, 6.45) is 1.74. The predicted octanol–water partition coefficient (Wildman–Crippen LogP) is 1.82. The van der Waals surface area contributed by atoms with Crippen LogP contribution >= 0.6 is 0 Å². The Morgan fingerprint density at radius 3 is 2.45 bits per heavy atom. The molecule has 3 aromatic rings. The van der Waals surface area contributed by atoms with Crippen LogP contribution in [-0.2, 0) is 0 Å². The first-order valence-corrected chi connectivity index (χ1v) is 9.31. The molecule has 1 aromatic carbocycles. The van der Waals surface area contributed by atoms with Gasteiger partial charge >= 0.3 is 0 Å². The molecule has 9 heteroatoms. The van der Waals surface area contributed by atoms with Gasteiger partial charge in [-0.25, -0.2) is 0 Å². The highest BCUT2D eigenvalue weighted by Gasteiger charge is 2.18. The third kappa shape index (κ3) is 4.40. The van der Waals surface area contributed by atoms with Crippen LogP contribution in [0, 0.1) is 13.8 Å². The lowest BCUT2D eigenvalue weighted by atomic mass is 10.1. The monoisotopic (exact) mass is 395 g/mol. The minimum atomic E-state index is -0.426. The van der Waals surface area contributed by atoms with Crippen LogP contribution in [0.3, 0.4) is 0 Å². The second kappa shape index (κ2) is 8.36. The first-order valence-electron chi connectivity index (χ1n) is 9.31. The lowest BCUT2D eigenvalue weighted by Gasteiger charge is -2.20. The number of rotatable bonds is 6. The molecule has 0 radical (unpaired) electrons. The summed E-state index contributed by atoms with van der Waals surface area (Å²) in [5.41, 5.74) is 1.86. The highest BCUT2D eigenvalue weighted by Crippen LogP contribution is 2.15. The van der Waals surface area contributed by atoms with Crippen molar-refractivity contribution in [1.82, 2.24) is 29.7 Å². The third-order valence-electron chi connectivity index (χ3n) is 4.65. The van der Waals surface area contributed by atoms with Crippen molar-refractivity contribution < 1.29 is 4.79 Å². The molecule has 152 valence electrons. The molecule has 29 heavy (non-hydrogen) atoms. The summed E-state index contributed by atoms with van der Waals surface area (Å²) >= 11 is 0. The molecule has 1 N–H and O–H groups in total. The lowest BCUT2D eigenvalue weighted by Crippen LogP contribution is -2.34. The van der Waals surface area contributed by atoms with Gasteiger partial charge in [0.25, 0.3) is 11.5 Å². The Bertz CT molecular complexity index is 1070. The largest absolute Gasteiger partial charge is 0.322 e. The average molecular weight is 395 g/mol. The number of benzene rings is 1. The summed E-state index contributed by atoms with van der Waals surface area (Å²) in [4.78, 5) is 27.8. The molecule has 1 amide bonds. The van der Waals surface area contributed by atoms with Gasteiger partial charge in [0.2, 0.25) is 0 Å². The molecule has 0 aliphatic rings. The molecule has 2 heterocycles. The standard InChI is InChI=1S/C20H25N7O2/c1-13-10-11-26(14(2)12-25(4)5)20(29)18(13)19(28)21-16-6-8-17(9-7-16)27-15(3)22-23-24-27/h6-11,14H,12H2,1-5H3,(H,21,28). The topological polar surface area (TPSA) is 97.9 Å². The van der Waals surface area contributed by atoms with Crippen molar-refractivity contribution in [2.75, 3.05) is 26.0 Å². The van der Waals surface area contributed by atoms with E-state index in [4.69, 9.17) is 0 Å². The van der Waals surface area contributed by atoms with Gasteiger partial charge in [0.15, 0.2) is 5.82 Å². The minimum absolute atomic E-state index is 0.0523. The lowest BCUT2D eigenvalue weighted by molar-refractivity contribution is 0.102. The summed E-state index contributed by atoms with van der Waals surface area (Å²) < 4.78 is 3.20. The number of nitrogens with zero attached hydrogens (tertiary/aromatic N) is 6. The van der Waals surface area contributed by atoms with Gasteiger partial charge in [0, 0.05) is 24.5 Å². The van der Waals surface area contributed by atoms with E-state index in [2.05, 4.69) is 20.8 Å². The minimum Gasteiger partial charge on any atom is -0.322 e. The van der Waals surface area contributed by atoms with Crippen molar-refractivity contribution in [3.05, 3.63) is 63.8 Å². The fraction of sp³-hybridized carbons (Fsp3) is 0.350. The van der Waals surface area contributed by atoms with Crippen LogP contribution in [0.25, 0.3) is 5.69 Å². The number of pyridine rings is 1. The van der Waals surface area contributed by atoms with Gasteiger partial charge in [-0.2, -0.15) is 4.68 Å². The zero-order valence-corrected chi connectivity index (χ0v) is 17.2. The van der Waals surface area contributed by atoms with E-state index in [0.717, 1.165) is 5.69 Å². The number of hydrogen-bond donors (Lipinski definition) is 1. The molecular formula is C20H25N7O2. The van der Waals surface area contributed by atoms with Crippen LogP contribution < -0.4 is 10.9 Å². The predicted molar refractivity (Wildman–Crippen MR) is 111 cm³/mol. The quantitative estimate of drug-likeness (QED) is 0.684. The van der Waals surface area contributed by atoms with Crippen molar-refractivity contribution >= 4 is 11.6 Å². The highest BCUT2D eigenvalue weighted by molar-refractivity contribution is 6.05. The number of nitrogens with one attached hydrogen (secondary N) is 1. The van der Waals surface area contributed by atoms with Gasteiger partial charge in [-0.1, -0.05) is 0 Å². The Hall–Kier alpha value is -3.33. The number of carbonyl (C=O) groups excluding carboxylic acids is 1. The van der Waals surface area contributed by atoms with Crippen molar-refractivity contribution in [2.45, 2.75) is 26.8 Å². The average Bonchev–Trinajstić information content (AvgIpc) is 3.07. The molecule has 9 nitrogen and oxygen atoms in total. The SMILES string of the molecule is Cc1ccn(C(C)CN(C)C)c(=O)c1C(=O)Nc1ccc(-n2nnnc2C)cc1. The fourth-order valence-electron chi connectivity index (χ4n) is 3.23. The number of aryl methyl sites for hydroxylation is 2. The van der Waals surface area contributed by atoms with Crippen molar-refractivity contribution in [3.63, 3.8) is 0 Å². The van der Waals surface area contributed by atoms with Crippen LogP contribution in [0.1, 0.15) is 34.7 Å². The maximum Gasteiger partial charge on any atom is 0.263 e. The van der Waals surface area contributed by atoms with Gasteiger partial charge in [-0.05, 0) is 81.2 Å². The smallest absolute Gasteiger partial charge is 0.263 e. The van der Waals surface area contributed by atoms with E-state index in [0.29, 0.717) is 23.6 Å². The number of aromatic nitrogens is 5. The van der Waals surface area contributed by atoms with Crippen molar-refractivity contribution in [3.8, 4) is 5.69 Å². The Morgan fingerprint density at radius 2 is 1.86 bits per heavy atom. The number of hydrogen-bond acceptors (Lipinski definition) is 6. The van der Waals surface area contributed by atoms with Gasteiger partial charge in [-0.15, -0.1) is 5.10 Å². The normalized spacial score (nSPS) is 12.2. The van der Waals surface area contributed by atoms with Crippen molar-refractivity contribution in [2.24, 2.45) is 0 Å². The number of tetrazole rings is 1. The first kappa shape index (κ1) is 20.4. The first-order chi connectivity index (χ1) is 13.8. The van der Waals surface area contributed by atoms with Crippen LogP contribution in [0.2, 0.25) is 0 Å². The fourth-order valence-corrected chi connectivity index (χ4v) is 3.23. The maximum atomic E-state index is 12.9. The Morgan fingerprint density at radius 1 is 1.17 bits per heavy atom. The van der Waals surface area contributed by atoms with Crippen LogP contribution in [0.15, 0.2) is 41.3 Å². The van der Waals surface area contributed by atoms with Crippen LogP contribution in [-0.4, -0.2) is 56.2 Å². The molecule has 3 rings (SSSR count). The number of likely N-dealkylation sites (N-methyl/N-ethyl adjacent to an activating group) is 1. The van der Waals surface area contributed by atoms with Crippen molar-refractivity contribution in [1.29, 1.82) is 0 Å². The molecule has 0 aliphatic carbocycles. The number of carbonyl (C=O) groups is 1. The number of anilines is 1. The summed E-state index contributed by atoms with van der Waals surface area (Å²) in [6.45, 7) is 6.22. The summed E-state index contributed by atoms with van der Waals surface area (Å²) in [5, 5.41) is 14.2. The summed E-state index contributed by atoms with van der Waals surface area (Å²) in [7, 11) is 3.90. The summed E-state index contributed by atoms with van der Waals surface area (Å²) in [5.74, 6) is 0.236. The second-order valence-corrected chi connectivity index (χ2v) is 7.34. The van der Waals surface area contributed by atoms with Gasteiger partial charge in [0.1, 0.15) is 5.56 Å². The molecule has 0 bridgehead atoms. The Labute approximate surface area is 169 Å². The van der Waals surface area contributed by atoms with E-state index in [-0.39, 0.29) is 17.2 Å². The summed E-state index contributed by atoms with van der Waals surface area (Å²) in [6, 6.07) is 8.84. The van der Waals surface area contributed by atoms with E-state index < -0.39 is 5.91 Å². The molecule has 1 atom stereocenters. The molecule has 2 aromatic heterocycles. The van der Waals surface area contributed by atoms with E-state index in [1.807, 2.05) is 25.9 Å². The molecular weight excluding hydrogens is 370 g/mol. The molecule has 0 saturated carbocycles. The van der Waals surface area contributed by atoms with Gasteiger partial charge in [0.05, 0.1) is 5.69 Å². The zero-order valence-electron chi connectivity index (χ0n) is 17.2. The van der Waals surface area contributed by atoms with E-state index in [1.165, 1.54) is 0 Å². The third-order valence-corrected chi connectivity index (χ3v) is 4.65. The van der Waals surface area contributed by atoms with E-state index in [9.17, 15) is 9.59 Å². The van der Waals surface area contributed by atoms with Crippen LogP contribution in [0.4, 0.5) is 5.69 Å². The zero-order chi connectivity index (χ0) is 21.1. The Balaban J connectivity index is 1.84. The number of amides is 1. The van der Waals surface area contributed by atoms with Crippen LogP contribution in [0.5, 0.6) is 0 Å². The van der Waals surface area contributed by atoms with Gasteiger partial charge in [-0.3, -0.25) is 9.59 Å². The van der Waals surface area contributed by atoms with E-state index in [1.54, 1.807) is 59.6 Å². The molecule has 0 fully saturated rings. The Kier molecular flexibility index (Phi) is 5.88. The second-order valence-electron chi connectivity index (χ2n) is 7.34.